The molecule has 0 bridgehead atoms. The Hall–Kier alpha value is -1.42. The van der Waals surface area contributed by atoms with E-state index in [1.165, 1.54) is 6.07 Å². The number of nitrogens with one attached hydrogen (secondary N) is 2. The highest BCUT2D eigenvalue weighted by atomic mass is 127. The van der Waals surface area contributed by atoms with Crippen molar-refractivity contribution in [2.75, 3.05) is 46.3 Å². The number of halogens is 2. The van der Waals surface area contributed by atoms with E-state index in [2.05, 4.69) is 25.4 Å². The number of benzene rings is 1. The van der Waals surface area contributed by atoms with Gasteiger partial charge in [0.15, 0.2) is 5.96 Å². The number of nitrogens with zero attached hydrogens (tertiary/aromatic N) is 3. The van der Waals surface area contributed by atoms with Crippen LogP contribution in [0.3, 0.4) is 0 Å². The number of piperazine rings is 1. The van der Waals surface area contributed by atoms with Crippen LogP contribution in [-0.2, 0) is 10.2 Å². The van der Waals surface area contributed by atoms with Crippen LogP contribution < -0.4 is 10.6 Å². The molecule has 3 aliphatic rings. The van der Waals surface area contributed by atoms with Gasteiger partial charge >= 0.3 is 0 Å². The summed E-state index contributed by atoms with van der Waals surface area (Å²) in [5, 5.41) is 6.56. The van der Waals surface area contributed by atoms with Crippen molar-refractivity contribution in [2.45, 2.75) is 37.1 Å². The molecular weight excluding hydrogens is 484 g/mol. The molecule has 1 heterocycles. The molecule has 4 rings (SSSR count). The first-order valence-electron chi connectivity index (χ1n) is 10.3. The van der Waals surface area contributed by atoms with Crippen LogP contribution in [0, 0.1) is 5.82 Å². The van der Waals surface area contributed by atoms with Crippen LogP contribution in [0.25, 0.3) is 0 Å². The summed E-state index contributed by atoms with van der Waals surface area (Å²) in [4.78, 5) is 20.9. The Morgan fingerprint density at radius 2 is 1.97 bits per heavy atom. The fourth-order valence-corrected chi connectivity index (χ4v) is 3.94. The second kappa shape index (κ2) is 9.59. The van der Waals surface area contributed by atoms with Gasteiger partial charge in [-0.15, -0.1) is 24.0 Å². The van der Waals surface area contributed by atoms with Crippen molar-refractivity contribution in [3.05, 3.63) is 35.6 Å². The average Bonchev–Trinajstić information content (AvgIpc) is 3.60. The van der Waals surface area contributed by atoms with Crippen LogP contribution in [0.1, 0.15) is 31.2 Å². The van der Waals surface area contributed by atoms with Gasteiger partial charge in [0.05, 0.1) is 6.54 Å². The number of amides is 1. The molecule has 2 N–H and O–H groups in total. The molecule has 2 aliphatic carbocycles. The van der Waals surface area contributed by atoms with Gasteiger partial charge in [-0.3, -0.25) is 14.7 Å². The van der Waals surface area contributed by atoms with Crippen molar-refractivity contribution in [3.63, 3.8) is 0 Å². The molecule has 2 saturated carbocycles. The molecule has 0 atom stereocenters. The van der Waals surface area contributed by atoms with Gasteiger partial charge in [-0.1, -0.05) is 12.1 Å². The van der Waals surface area contributed by atoms with Gasteiger partial charge in [0.2, 0.25) is 5.91 Å². The van der Waals surface area contributed by atoms with Gasteiger partial charge < -0.3 is 15.5 Å². The lowest BCUT2D eigenvalue weighted by atomic mass is 9.96. The van der Waals surface area contributed by atoms with Gasteiger partial charge in [-0.2, -0.15) is 0 Å². The first kappa shape index (κ1) is 22.3. The minimum absolute atomic E-state index is 0. The number of rotatable bonds is 6. The van der Waals surface area contributed by atoms with E-state index in [0.717, 1.165) is 69.9 Å². The Kier molecular flexibility index (Phi) is 7.37. The second-order valence-corrected chi connectivity index (χ2v) is 8.30. The van der Waals surface area contributed by atoms with Gasteiger partial charge in [0, 0.05) is 51.2 Å². The third-order valence-corrected chi connectivity index (χ3v) is 6.07. The Morgan fingerprint density at radius 3 is 2.55 bits per heavy atom. The van der Waals surface area contributed by atoms with Crippen LogP contribution in [0.4, 0.5) is 4.39 Å². The zero-order chi connectivity index (χ0) is 19.6. The topological polar surface area (TPSA) is 60.0 Å². The normalized spacial score (nSPS) is 21.3. The number of hydrogen-bond donors (Lipinski definition) is 2. The Labute approximate surface area is 189 Å². The summed E-state index contributed by atoms with van der Waals surface area (Å²) < 4.78 is 13.6. The highest BCUT2D eigenvalue weighted by Crippen LogP contribution is 2.47. The van der Waals surface area contributed by atoms with Crippen molar-refractivity contribution in [3.8, 4) is 0 Å². The fraction of sp³-hybridized carbons (Fsp3) is 0.619. The summed E-state index contributed by atoms with van der Waals surface area (Å²) in [5.74, 6) is 0.865. The number of aliphatic imine (C=N–C) groups is 1. The van der Waals surface area contributed by atoms with E-state index in [9.17, 15) is 9.18 Å². The van der Waals surface area contributed by atoms with Crippen LogP contribution in [0.5, 0.6) is 0 Å². The molecule has 0 unspecified atom stereocenters. The molecule has 0 aromatic heterocycles. The third kappa shape index (κ3) is 5.81. The molecular formula is C21H31FIN5O. The summed E-state index contributed by atoms with van der Waals surface area (Å²) in [7, 11) is 1.81. The van der Waals surface area contributed by atoms with E-state index < -0.39 is 0 Å². The summed E-state index contributed by atoms with van der Waals surface area (Å²) in [6, 6.07) is 7.38. The fourth-order valence-electron chi connectivity index (χ4n) is 3.94. The third-order valence-electron chi connectivity index (χ3n) is 6.07. The maximum absolute atomic E-state index is 13.6. The van der Waals surface area contributed by atoms with E-state index in [4.69, 9.17) is 0 Å². The van der Waals surface area contributed by atoms with Crippen LogP contribution in [0.15, 0.2) is 29.3 Å². The molecule has 1 aromatic rings. The standard InChI is InChI=1S/C21H30FN5O.HI/c1-23-20(24-15-21(7-8-21)16-3-2-4-17(22)13-16)27-11-9-26(10-12-27)14-19(28)25-18-5-6-18;/h2-4,13,18H,5-12,14-15H2,1H3,(H,23,24)(H,25,28);1H. The van der Waals surface area contributed by atoms with Crippen molar-refractivity contribution in [1.29, 1.82) is 0 Å². The van der Waals surface area contributed by atoms with Crippen molar-refractivity contribution in [1.82, 2.24) is 20.4 Å². The Morgan fingerprint density at radius 1 is 1.24 bits per heavy atom. The summed E-state index contributed by atoms with van der Waals surface area (Å²) >= 11 is 0. The summed E-state index contributed by atoms with van der Waals surface area (Å²) in [6.45, 7) is 4.67. The zero-order valence-electron chi connectivity index (χ0n) is 17.0. The molecule has 0 radical (unpaired) electrons. The van der Waals surface area contributed by atoms with Gasteiger partial charge in [0.1, 0.15) is 5.82 Å². The minimum Gasteiger partial charge on any atom is -0.355 e. The Balaban J connectivity index is 0.00000240. The minimum atomic E-state index is -0.171. The van der Waals surface area contributed by atoms with Crippen LogP contribution in [-0.4, -0.2) is 74.0 Å². The maximum Gasteiger partial charge on any atom is 0.234 e. The molecule has 6 nitrogen and oxygen atoms in total. The first-order chi connectivity index (χ1) is 13.6. The van der Waals surface area contributed by atoms with E-state index >= 15 is 0 Å². The lowest BCUT2D eigenvalue weighted by Crippen LogP contribution is -2.54. The molecule has 29 heavy (non-hydrogen) atoms. The number of guanidine groups is 1. The molecule has 0 spiro atoms. The summed E-state index contributed by atoms with van der Waals surface area (Å²) in [6.07, 6.45) is 4.39. The number of hydrogen-bond acceptors (Lipinski definition) is 3. The Bertz CT molecular complexity index is 742. The lowest BCUT2D eigenvalue weighted by Gasteiger charge is -2.36. The summed E-state index contributed by atoms with van der Waals surface area (Å²) in [5.41, 5.74) is 1.10. The van der Waals surface area contributed by atoms with E-state index in [-0.39, 0.29) is 41.1 Å². The smallest absolute Gasteiger partial charge is 0.234 e. The van der Waals surface area contributed by atoms with Gasteiger partial charge in [-0.25, -0.2) is 4.39 Å². The van der Waals surface area contributed by atoms with E-state index in [1.807, 2.05) is 6.07 Å². The van der Waals surface area contributed by atoms with Gasteiger partial charge in [0.25, 0.3) is 0 Å². The molecule has 1 saturated heterocycles. The average molecular weight is 515 g/mol. The molecule has 1 aliphatic heterocycles. The molecule has 1 amide bonds. The van der Waals surface area contributed by atoms with Gasteiger partial charge in [-0.05, 0) is 43.4 Å². The maximum atomic E-state index is 13.6. The quantitative estimate of drug-likeness (QED) is 0.346. The van der Waals surface area contributed by atoms with Crippen LogP contribution >= 0.6 is 24.0 Å². The van der Waals surface area contributed by atoms with Crippen molar-refractivity contribution in [2.24, 2.45) is 4.99 Å². The molecule has 160 valence electrons. The SMILES string of the molecule is CN=C(NCC1(c2cccc(F)c2)CC1)N1CCN(CC(=O)NC2CC2)CC1.I. The molecule has 8 heteroatoms. The van der Waals surface area contributed by atoms with Crippen molar-refractivity contribution >= 4 is 35.8 Å². The number of carbonyl (C=O) groups excluding carboxylic acids is 1. The highest BCUT2D eigenvalue weighted by Gasteiger charge is 2.44. The lowest BCUT2D eigenvalue weighted by molar-refractivity contribution is -0.122. The van der Waals surface area contributed by atoms with Crippen LogP contribution in [0.2, 0.25) is 0 Å². The number of carbonyl (C=O) groups is 1. The first-order valence-corrected chi connectivity index (χ1v) is 10.3. The van der Waals surface area contributed by atoms with E-state index in [0.29, 0.717) is 12.6 Å². The molecule has 1 aromatic carbocycles. The molecule has 3 fully saturated rings. The predicted molar refractivity (Wildman–Crippen MR) is 123 cm³/mol. The van der Waals surface area contributed by atoms with E-state index in [1.54, 1.807) is 19.2 Å². The predicted octanol–water partition coefficient (Wildman–Crippen LogP) is 1.95. The highest BCUT2D eigenvalue weighted by molar-refractivity contribution is 14.0. The largest absolute Gasteiger partial charge is 0.355 e. The monoisotopic (exact) mass is 515 g/mol. The second-order valence-electron chi connectivity index (χ2n) is 8.30. The zero-order valence-corrected chi connectivity index (χ0v) is 19.3. The van der Waals surface area contributed by atoms with Crippen molar-refractivity contribution < 1.29 is 9.18 Å².